The lowest BCUT2D eigenvalue weighted by molar-refractivity contribution is -0.107. The van der Waals surface area contributed by atoms with Crippen molar-refractivity contribution in [1.82, 2.24) is 0 Å². The van der Waals surface area contributed by atoms with Gasteiger partial charge in [-0.3, -0.25) is 4.79 Å². The fraction of sp³-hybridized carbons (Fsp3) is 0.600. The maximum absolute atomic E-state index is 11.2. The minimum atomic E-state index is 0.297. The minimum Gasteiger partial charge on any atom is -0.282 e. The first kappa shape index (κ1) is 8.36. The Morgan fingerprint density at radius 3 is 2.75 bits per heavy atom. The van der Waals surface area contributed by atoms with Crippen molar-refractivity contribution in [3.63, 3.8) is 0 Å². The number of thioether (sulfide) groups is 1. The maximum Gasteiger partial charge on any atom is 0.215 e. The summed E-state index contributed by atoms with van der Waals surface area (Å²) < 4.78 is 0. The highest BCUT2D eigenvalue weighted by Crippen LogP contribution is 2.52. The molecule has 1 saturated heterocycles. The van der Waals surface area contributed by atoms with Gasteiger partial charge in [-0.1, -0.05) is 31.7 Å². The molecule has 0 aromatic rings. The van der Waals surface area contributed by atoms with Gasteiger partial charge in [0.1, 0.15) is 0 Å². The molecule has 1 aliphatic heterocycles. The van der Waals surface area contributed by atoms with Crippen LogP contribution in [0.2, 0.25) is 0 Å². The average Bonchev–Trinajstić information content (AvgIpc) is 2.39. The molecule has 1 saturated carbocycles. The van der Waals surface area contributed by atoms with Crippen molar-refractivity contribution in [3.8, 4) is 0 Å². The highest BCUT2D eigenvalue weighted by molar-refractivity contribution is 8.14. The van der Waals surface area contributed by atoms with Crippen molar-refractivity contribution < 1.29 is 4.79 Å². The first-order valence-corrected chi connectivity index (χ1v) is 5.32. The fourth-order valence-electron chi connectivity index (χ4n) is 1.49. The van der Waals surface area contributed by atoms with Gasteiger partial charge in [0.25, 0.3) is 0 Å². The van der Waals surface area contributed by atoms with E-state index in [1.54, 1.807) is 0 Å². The van der Waals surface area contributed by atoms with E-state index >= 15 is 0 Å². The molecule has 0 bridgehead atoms. The molecule has 0 amide bonds. The number of rotatable bonds is 1. The molecule has 65 valence electrons. The van der Waals surface area contributed by atoms with Crippen LogP contribution in [0.3, 0.4) is 0 Å². The molecule has 1 atom stereocenters. The molecule has 0 N–H and O–H groups in total. The predicted molar refractivity (Wildman–Crippen MR) is 51.7 cm³/mol. The lowest BCUT2D eigenvalue weighted by Crippen LogP contribution is -1.92. The van der Waals surface area contributed by atoms with Gasteiger partial charge in [0.05, 0.1) is 0 Å². The Kier molecular flexibility index (Phi) is 1.83. The van der Waals surface area contributed by atoms with Crippen molar-refractivity contribution in [1.29, 1.82) is 0 Å². The number of hydrogen-bond acceptors (Lipinski definition) is 2. The summed E-state index contributed by atoms with van der Waals surface area (Å²) in [5.74, 6) is 1.54. The summed E-state index contributed by atoms with van der Waals surface area (Å²) in [7, 11) is 0. The summed E-state index contributed by atoms with van der Waals surface area (Å²) in [4.78, 5) is 11.2. The molecule has 0 aromatic carbocycles. The molecule has 2 heteroatoms. The van der Waals surface area contributed by atoms with Crippen LogP contribution in [-0.2, 0) is 4.79 Å². The Hall–Kier alpha value is -0.240. The van der Waals surface area contributed by atoms with E-state index in [4.69, 9.17) is 0 Å². The van der Waals surface area contributed by atoms with Crippen LogP contribution >= 0.6 is 11.8 Å². The van der Waals surface area contributed by atoms with Crippen LogP contribution in [0.4, 0.5) is 0 Å². The van der Waals surface area contributed by atoms with Gasteiger partial charge in [-0.2, -0.15) is 0 Å². The molecule has 1 radical (unpaired) electrons. The molecule has 1 nitrogen and oxygen atoms in total. The maximum atomic E-state index is 11.2. The molecule has 2 rings (SSSR count). The molecule has 2 aliphatic rings. The fourth-order valence-corrected chi connectivity index (χ4v) is 2.36. The third-order valence-corrected chi connectivity index (χ3v) is 3.54. The van der Waals surface area contributed by atoms with Crippen molar-refractivity contribution in [2.75, 3.05) is 5.75 Å². The minimum absolute atomic E-state index is 0.297. The van der Waals surface area contributed by atoms with Crippen molar-refractivity contribution in [2.45, 2.75) is 20.3 Å². The highest BCUT2D eigenvalue weighted by Gasteiger charge is 2.44. The molecule has 1 heterocycles. The quantitative estimate of drug-likeness (QED) is 0.578. The van der Waals surface area contributed by atoms with Gasteiger partial charge >= 0.3 is 0 Å². The second-order valence-corrected chi connectivity index (χ2v) is 5.16. The van der Waals surface area contributed by atoms with Gasteiger partial charge in [-0.05, 0) is 24.2 Å². The van der Waals surface area contributed by atoms with Crippen LogP contribution in [0, 0.1) is 17.8 Å². The van der Waals surface area contributed by atoms with E-state index in [2.05, 4.69) is 26.3 Å². The third-order valence-electron chi connectivity index (χ3n) is 2.61. The predicted octanol–water partition coefficient (Wildman–Crippen LogP) is 2.44. The summed E-state index contributed by atoms with van der Waals surface area (Å²) in [5, 5.41) is 0.297. The van der Waals surface area contributed by atoms with E-state index in [9.17, 15) is 4.79 Å². The highest BCUT2D eigenvalue weighted by atomic mass is 32.2. The van der Waals surface area contributed by atoms with E-state index in [0.29, 0.717) is 16.4 Å². The number of carbonyl (C=O) groups is 1. The van der Waals surface area contributed by atoms with Crippen LogP contribution in [0.25, 0.3) is 0 Å². The zero-order valence-corrected chi connectivity index (χ0v) is 8.28. The molecule has 12 heavy (non-hydrogen) atoms. The van der Waals surface area contributed by atoms with Crippen molar-refractivity contribution in [3.05, 3.63) is 18.1 Å². The van der Waals surface area contributed by atoms with E-state index in [0.717, 1.165) is 17.7 Å². The Morgan fingerprint density at radius 1 is 1.67 bits per heavy atom. The SMILES string of the molecule is CC1(C)[CH]C1/C=C1/CCSC1=O. The largest absolute Gasteiger partial charge is 0.282 e. The second kappa shape index (κ2) is 2.63. The monoisotopic (exact) mass is 181 g/mol. The molecule has 0 aromatic heterocycles. The summed E-state index contributed by atoms with van der Waals surface area (Å²) in [6, 6.07) is 0. The summed E-state index contributed by atoms with van der Waals surface area (Å²) >= 11 is 1.45. The van der Waals surface area contributed by atoms with Crippen molar-refractivity contribution >= 4 is 16.9 Å². The lowest BCUT2D eigenvalue weighted by atomic mass is 10.1. The van der Waals surface area contributed by atoms with Gasteiger partial charge in [-0.15, -0.1) is 0 Å². The van der Waals surface area contributed by atoms with E-state index < -0.39 is 0 Å². The summed E-state index contributed by atoms with van der Waals surface area (Å²) in [6.45, 7) is 4.42. The van der Waals surface area contributed by atoms with Crippen LogP contribution in [-0.4, -0.2) is 10.9 Å². The zero-order chi connectivity index (χ0) is 8.77. The smallest absolute Gasteiger partial charge is 0.215 e. The van der Waals surface area contributed by atoms with E-state index in [-0.39, 0.29) is 0 Å². The van der Waals surface area contributed by atoms with Crippen LogP contribution in [0.1, 0.15) is 20.3 Å². The number of hydrogen-bond donors (Lipinski definition) is 0. The standard InChI is InChI=1S/C10H13OS/c1-10(2)6-8(10)5-7-3-4-12-9(7)11/h5-6,8H,3-4H2,1-2H3/b7-5-. The first-order valence-electron chi connectivity index (χ1n) is 4.33. The van der Waals surface area contributed by atoms with Crippen LogP contribution in [0.5, 0.6) is 0 Å². The normalized spacial score (nSPS) is 36.0. The van der Waals surface area contributed by atoms with Crippen LogP contribution in [0.15, 0.2) is 11.6 Å². The number of carbonyl (C=O) groups excluding carboxylic acids is 1. The average molecular weight is 181 g/mol. The Bertz CT molecular complexity index is 253. The first-order chi connectivity index (χ1) is 5.59. The van der Waals surface area contributed by atoms with Crippen molar-refractivity contribution in [2.24, 2.45) is 11.3 Å². The van der Waals surface area contributed by atoms with Gasteiger partial charge in [0.15, 0.2) is 0 Å². The summed E-state index contributed by atoms with van der Waals surface area (Å²) in [5.41, 5.74) is 1.40. The van der Waals surface area contributed by atoms with Gasteiger partial charge < -0.3 is 0 Å². The van der Waals surface area contributed by atoms with Gasteiger partial charge in [0.2, 0.25) is 5.12 Å². The second-order valence-electron chi connectivity index (χ2n) is 4.09. The zero-order valence-electron chi connectivity index (χ0n) is 7.46. The summed E-state index contributed by atoms with van der Waals surface area (Å²) in [6.07, 6.45) is 5.42. The Labute approximate surface area is 77.6 Å². The van der Waals surface area contributed by atoms with E-state index in [1.165, 1.54) is 11.8 Å². The molecule has 0 spiro atoms. The molecular formula is C10H13OS. The Morgan fingerprint density at radius 2 is 2.33 bits per heavy atom. The van der Waals surface area contributed by atoms with Gasteiger partial charge in [0, 0.05) is 11.3 Å². The lowest BCUT2D eigenvalue weighted by Gasteiger charge is -1.97. The van der Waals surface area contributed by atoms with Crippen LogP contribution < -0.4 is 0 Å². The number of allylic oxidation sites excluding steroid dienone is 1. The third kappa shape index (κ3) is 1.45. The van der Waals surface area contributed by atoms with Gasteiger partial charge in [-0.25, -0.2) is 0 Å². The van der Waals surface area contributed by atoms with E-state index in [1.807, 2.05) is 0 Å². The molecule has 1 unspecified atom stereocenters. The topological polar surface area (TPSA) is 17.1 Å². The molecule has 2 fully saturated rings. The Balaban J connectivity index is 2.05. The molecule has 1 aliphatic carbocycles. The molecular weight excluding hydrogens is 168 g/mol.